The van der Waals surface area contributed by atoms with Gasteiger partial charge in [-0.15, -0.1) is 0 Å². The molecule has 1 heterocycles. The molecule has 0 aliphatic rings. The van der Waals surface area contributed by atoms with E-state index in [1.54, 1.807) is 7.11 Å². The topological polar surface area (TPSA) is 36.3 Å². The lowest BCUT2D eigenvalue weighted by Crippen LogP contribution is -2.08. The van der Waals surface area contributed by atoms with Crippen LogP contribution in [-0.2, 0) is 16.0 Å². The summed E-state index contributed by atoms with van der Waals surface area (Å²) < 4.78 is 13.9. The standard InChI is InChI=1S/C15H19IN2O2/c1-19-9-3-10-20-11-8-18-7-6-17-15(18)13-4-2-5-14(16)12-13/h2,4-7,12H,3,8-11H2,1H3. The smallest absolute Gasteiger partial charge is 0.139 e. The molecule has 0 saturated carbocycles. The number of imidazole rings is 1. The van der Waals surface area contributed by atoms with Gasteiger partial charge in [-0.25, -0.2) is 4.98 Å². The number of hydrogen-bond acceptors (Lipinski definition) is 3. The molecular weight excluding hydrogens is 367 g/mol. The first-order valence-corrected chi connectivity index (χ1v) is 7.73. The van der Waals surface area contributed by atoms with Crippen LogP contribution < -0.4 is 0 Å². The van der Waals surface area contributed by atoms with E-state index < -0.39 is 0 Å². The van der Waals surface area contributed by atoms with Crippen LogP contribution in [0, 0.1) is 3.57 Å². The zero-order valence-corrected chi connectivity index (χ0v) is 13.7. The van der Waals surface area contributed by atoms with Crippen LogP contribution in [0.3, 0.4) is 0 Å². The van der Waals surface area contributed by atoms with E-state index in [1.165, 1.54) is 3.57 Å². The first-order chi connectivity index (χ1) is 9.81. The van der Waals surface area contributed by atoms with Crippen LogP contribution in [0.2, 0.25) is 0 Å². The highest BCUT2D eigenvalue weighted by Gasteiger charge is 2.05. The summed E-state index contributed by atoms with van der Waals surface area (Å²) in [5.41, 5.74) is 1.14. The lowest BCUT2D eigenvalue weighted by molar-refractivity contribution is 0.0979. The van der Waals surface area contributed by atoms with Gasteiger partial charge in [0.2, 0.25) is 0 Å². The normalized spacial score (nSPS) is 10.9. The first kappa shape index (κ1) is 15.5. The van der Waals surface area contributed by atoms with E-state index in [9.17, 15) is 0 Å². The largest absolute Gasteiger partial charge is 0.385 e. The Kier molecular flexibility index (Phi) is 6.49. The second-order valence-electron chi connectivity index (χ2n) is 4.41. The van der Waals surface area contributed by atoms with Crippen molar-refractivity contribution >= 4 is 22.6 Å². The van der Waals surface area contributed by atoms with Crippen LogP contribution in [0.15, 0.2) is 36.7 Å². The van der Waals surface area contributed by atoms with Gasteiger partial charge in [0.25, 0.3) is 0 Å². The molecule has 0 radical (unpaired) electrons. The maximum atomic E-state index is 5.59. The molecule has 5 heteroatoms. The Morgan fingerprint density at radius 2 is 2.15 bits per heavy atom. The highest BCUT2D eigenvalue weighted by atomic mass is 127. The third kappa shape index (κ3) is 4.57. The molecule has 0 N–H and O–H groups in total. The molecule has 1 aromatic heterocycles. The van der Waals surface area contributed by atoms with Crippen LogP contribution in [0.4, 0.5) is 0 Å². The summed E-state index contributed by atoms with van der Waals surface area (Å²) in [6.45, 7) is 2.99. The van der Waals surface area contributed by atoms with Crippen LogP contribution in [-0.4, -0.2) is 36.5 Å². The van der Waals surface area contributed by atoms with Crippen molar-refractivity contribution in [2.45, 2.75) is 13.0 Å². The Morgan fingerprint density at radius 3 is 2.95 bits per heavy atom. The molecule has 2 rings (SSSR count). The van der Waals surface area contributed by atoms with Crippen LogP contribution >= 0.6 is 22.6 Å². The fourth-order valence-corrected chi connectivity index (χ4v) is 2.49. The predicted octanol–water partition coefficient (Wildman–Crippen LogP) is 3.21. The Balaban J connectivity index is 1.89. The fraction of sp³-hybridized carbons (Fsp3) is 0.400. The number of nitrogens with zero attached hydrogens (tertiary/aromatic N) is 2. The van der Waals surface area contributed by atoms with E-state index in [2.05, 4.69) is 56.4 Å². The second kappa shape index (κ2) is 8.39. The maximum absolute atomic E-state index is 5.59. The zero-order valence-electron chi connectivity index (χ0n) is 11.6. The average molecular weight is 386 g/mol. The lowest BCUT2D eigenvalue weighted by Gasteiger charge is -2.09. The van der Waals surface area contributed by atoms with Crippen molar-refractivity contribution in [2.75, 3.05) is 26.9 Å². The molecule has 2 aromatic rings. The molecule has 0 atom stereocenters. The zero-order chi connectivity index (χ0) is 14.2. The minimum Gasteiger partial charge on any atom is -0.385 e. The average Bonchev–Trinajstić information content (AvgIpc) is 2.91. The van der Waals surface area contributed by atoms with Gasteiger partial charge in [-0.05, 0) is 41.1 Å². The summed E-state index contributed by atoms with van der Waals surface area (Å²) in [6.07, 6.45) is 4.76. The summed E-state index contributed by atoms with van der Waals surface area (Å²) >= 11 is 2.32. The van der Waals surface area contributed by atoms with Crippen molar-refractivity contribution in [3.8, 4) is 11.4 Å². The van der Waals surface area contributed by atoms with Crippen molar-refractivity contribution in [3.63, 3.8) is 0 Å². The van der Waals surface area contributed by atoms with Crippen molar-refractivity contribution in [1.29, 1.82) is 0 Å². The summed E-state index contributed by atoms with van der Waals surface area (Å²) in [5.74, 6) is 0.990. The second-order valence-corrected chi connectivity index (χ2v) is 5.66. The predicted molar refractivity (Wildman–Crippen MR) is 87.7 cm³/mol. The molecule has 0 spiro atoms. The van der Waals surface area contributed by atoms with E-state index in [0.29, 0.717) is 6.61 Å². The minimum absolute atomic E-state index is 0.691. The van der Waals surface area contributed by atoms with E-state index in [1.807, 2.05) is 12.4 Å². The quantitative estimate of drug-likeness (QED) is 0.517. The summed E-state index contributed by atoms with van der Waals surface area (Å²) in [7, 11) is 1.71. The number of ether oxygens (including phenoxy) is 2. The van der Waals surface area contributed by atoms with Gasteiger partial charge >= 0.3 is 0 Å². The van der Waals surface area contributed by atoms with Crippen molar-refractivity contribution in [2.24, 2.45) is 0 Å². The highest BCUT2D eigenvalue weighted by molar-refractivity contribution is 14.1. The van der Waals surface area contributed by atoms with Gasteiger partial charge in [-0.1, -0.05) is 12.1 Å². The fourth-order valence-electron chi connectivity index (χ4n) is 1.95. The summed E-state index contributed by atoms with van der Waals surface area (Å²) in [5, 5.41) is 0. The van der Waals surface area contributed by atoms with Gasteiger partial charge in [0.1, 0.15) is 5.82 Å². The van der Waals surface area contributed by atoms with Gasteiger partial charge in [-0.2, -0.15) is 0 Å². The van der Waals surface area contributed by atoms with E-state index in [0.717, 1.165) is 37.6 Å². The van der Waals surface area contributed by atoms with Crippen molar-refractivity contribution < 1.29 is 9.47 Å². The summed E-state index contributed by atoms with van der Waals surface area (Å²) in [4.78, 5) is 4.44. The highest BCUT2D eigenvalue weighted by Crippen LogP contribution is 2.19. The van der Waals surface area contributed by atoms with Crippen LogP contribution in [0.5, 0.6) is 0 Å². The van der Waals surface area contributed by atoms with Crippen LogP contribution in [0.1, 0.15) is 6.42 Å². The summed E-state index contributed by atoms with van der Waals surface area (Å²) in [6, 6.07) is 8.35. The molecule has 0 amide bonds. The van der Waals surface area contributed by atoms with E-state index in [4.69, 9.17) is 9.47 Å². The third-order valence-corrected chi connectivity index (χ3v) is 3.58. The van der Waals surface area contributed by atoms with Gasteiger partial charge < -0.3 is 14.0 Å². The Hall–Kier alpha value is -0.920. The number of halogens is 1. The first-order valence-electron chi connectivity index (χ1n) is 6.65. The third-order valence-electron chi connectivity index (χ3n) is 2.91. The van der Waals surface area contributed by atoms with Gasteiger partial charge in [0.05, 0.1) is 6.61 Å². The Morgan fingerprint density at radius 1 is 1.25 bits per heavy atom. The number of methoxy groups -OCH3 is 1. The monoisotopic (exact) mass is 386 g/mol. The number of benzene rings is 1. The minimum atomic E-state index is 0.691. The molecule has 0 bridgehead atoms. The molecule has 0 unspecified atom stereocenters. The molecule has 4 nitrogen and oxygen atoms in total. The van der Waals surface area contributed by atoms with Gasteiger partial charge in [0, 0.05) is 48.4 Å². The Bertz CT molecular complexity index is 528. The SMILES string of the molecule is COCCCOCCn1ccnc1-c1cccc(I)c1. The number of hydrogen-bond donors (Lipinski definition) is 0. The molecule has 20 heavy (non-hydrogen) atoms. The number of rotatable bonds is 8. The lowest BCUT2D eigenvalue weighted by atomic mass is 10.2. The molecule has 0 saturated heterocycles. The molecular formula is C15H19IN2O2. The van der Waals surface area contributed by atoms with E-state index >= 15 is 0 Å². The molecule has 0 aliphatic heterocycles. The van der Waals surface area contributed by atoms with Gasteiger partial charge in [0.15, 0.2) is 0 Å². The molecule has 0 fully saturated rings. The maximum Gasteiger partial charge on any atom is 0.139 e. The Labute approximate surface area is 133 Å². The number of aromatic nitrogens is 2. The van der Waals surface area contributed by atoms with Crippen molar-refractivity contribution in [3.05, 3.63) is 40.2 Å². The molecule has 108 valence electrons. The molecule has 0 aliphatic carbocycles. The molecule has 1 aromatic carbocycles. The van der Waals surface area contributed by atoms with E-state index in [-0.39, 0.29) is 0 Å². The van der Waals surface area contributed by atoms with Gasteiger partial charge in [-0.3, -0.25) is 0 Å². The van der Waals surface area contributed by atoms with Crippen molar-refractivity contribution in [1.82, 2.24) is 9.55 Å². The van der Waals surface area contributed by atoms with Crippen LogP contribution in [0.25, 0.3) is 11.4 Å².